The Labute approximate surface area is 134 Å². The van der Waals surface area contributed by atoms with Gasteiger partial charge in [-0.05, 0) is 65.7 Å². The number of amides is 1. The molecule has 0 fully saturated rings. The first kappa shape index (κ1) is 16.5. The molecule has 0 spiro atoms. The maximum Gasteiger partial charge on any atom is 0.240 e. The van der Waals surface area contributed by atoms with Gasteiger partial charge in [-0.15, -0.1) is 0 Å². The van der Waals surface area contributed by atoms with Gasteiger partial charge in [-0.3, -0.25) is 4.79 Å². The topological polar surface area (TPSA) is 64.5 Å². The fourth-order valence-corrected chi connectivity index (χ4v) is 3.06. The fraction of sp³-hybridized carbons (Fsp3) is 0.294. The molecule has 1 aliphatic rings. The van der Waals surface area contributed by atoms with Gasteiger partial charge >= 0.3 is 0 Å². The SMILES string of the molecule is C=CC[S+]([O-])c1ccc(C(C)=CC2=NNC(=O)CC2C)cc1. The average Bonchev–Trinajstić information content (AvgIpc) is 2.50. The molecule has 4 nitrogen and oxygen atoms in total. The normalized spacial score (nSPS) is 20.1. The van der Waals surface area contributed by atoms with Crippen LogP contribution < -0.4 is 5.43 Å². The molecule has 0 saturated carbocycles. The maximum atomic E-state index is 11.9. The second-order valence-corrected chi connectivity index (χ2v) is 6.83. The molecular formula is C17H20N2O2S. The van der Waals surface area contributed by atoms with Crippen molar-refractivity contribution in [2.45, 2.75) is 25.2 Å². The van der Waals surface area contributed by atoms with Crippen LogP contribution in [0.5, 0.6) is 0 Å². The lowest BCUT2D eigenvalue weighted by atomic mass is 9.96. The Kier molecular flexibility index (Phi) is 5.57. The van der Waals surface area contributed by atoms with Gasteiger partial charge in [0.1, 0.15) is 5.75 Å². The van der Waals surface area contributed by atoms with E-state index in [0.29, 0.717) is 12.2 Å². The number of carbonyl (C=O) groups is 1. The Bertz CT molecular complexity index is 620. The summed E-state index contributed by atoms with van der Waals surface area (Å²) >= 11 is -1.03. The molecule has 0 bridgehead atoms. The van der Waals surface area contributed by atoms with E-state index in [-0.39, 0.29) is 11.8 Å². The minimum Gasteiger partial charge on any atom is -0.611 e. The third-order valence-corrected chi connectivity index (χ3v) is 4.85. The number of nitrogens with zero attached hydrogens (tertiary/aromatic N) is 1. The largest absolute Gasteiger partial charge is 0.611 e. The van der Waals surface area contributed by atoms with Crippen molar-refractivity contribution < 1.29 is 9.35 Å². The van der Waals surface area contributed by atoms with Crippen LogP contribution in [0.2, 0.25) is 0 Å². The Morgan fingerprint density at radius 2 is 2.18 bits per heavy atom. The predicted octanol–water partition coefficient (Wildman–Crippen LogP) is 2.90. The molecule has 0 saturated heterocycles. The third-order valence-electron chi connectivity index (χ3n) is 3.51. The smallest absolute Gasteiger partial charge is 0.240 e. The summed E-state index contributed by atoms with van der Waals surface area (Å²) in [6.45, 7) is 7.59. The highest BCUT2D eigenvalue weighted by atomic mass is 32.2. The number of nitrogens with one attached hydrogen (secondary N) is 1. The van der Waals surface area contributed by atoms with Crippen molar-refractivity contribution >= 4 is 28.4 Å². The minimum absolute atomic E-state index is 0.0450. The van der Waals surface area contributed by atoms with Crippen LogP contribution in [0.4, 0.5) is 0 Å². The number of hydrogen-bond donors (Lipinski definition) is 1. The number of rotatable bonds is 5. The Hall–Kier alpha value is -1.85. The molecule has 1 amide bonds. The molecule has 1 aliphatic heterocycles. The average molecular weight is 316 g/mol. The molecule has 22 heavy (non-hydrogen) atoms. The van der Waals surface area contributed by atoms with E-state index >= 15 is 0 Å². The summed E-state index contributed by atoms with van der Waals surface area (Å²) in [6.07, 6.45) is 4.11. The van der Waals surface area contributed by atoms with Crippen LogP contribution >= 0.6 is 0 Å². The van der Waals surface area contributed by atoms with E-state index in [2.05, 4.69) is 17.1 Å². The second-order valence-electron chi connectivity index (χ2n) is 5.33. The Balaban J connectivity index is 2.15. The molecule has 116 valence electrons. The van der Waals surface area contributed by atoms with E-state index < -0.39 is 11.2 Å². The molecule has 2 rings (SSSR count). The van der Waals surface area contributed by atoms with E-state index in [1.54, 1.807) is 6.08 Å². The summed E-state index contributed by atoms with van der Waals surface area (Å²) in [5.74, 6) is 0.529. The molecule has 0 radical (unpaired) electrons. The highest BCUT2D eigenvalue weighted by molar-refractivity contribution is 7.91. The zero-order chi connectivity index (χ0) is 16.1. The molecule has 1 aromatic rings. The first-order chi connectivity index (χ1) is 10.5. The van der Waals surface area contributed by atoms with Crippen LogP contribution in [0.3, 0.4) is 0 Å². The molecule has 0 aliphatic carbocycles. The highest BCUT2D eigenvalue weighted by Crippen LogP contribution is 2.20. The van der Waals surface area contributed by atoms with Crippen molar-refractivity contribution in [3.05, 3.63) is 48.6 Å². The van der Waals surface area contributed by atoms with Crippen molar-refractivity contribution in [1.29, 1.82) is 0 Å². The van der Waals surface area contributed by atoms with Crippen LogP contribution in [0, 0.1) is 5.92 Å². The number of hydrogen-bond acceptors (Lipinski definition) is 3. The van der Waals surface area contributed by atoms with E-state index in [9.17, 15) is 9.35 Å². The van der Waals surface area contributed by atoms with Crippen molar-refractivity contribution in [2.24, 2.45) is 11.0 Å². The van der Waals surface area contributed by atoms with E-state index in [4.69, 9.17) is 0 Å². The zero-order valence-corrected chi connectivity index (χ0v) is 13.7. The fourth-order valence-electron chi connectivity index (χ4n) is 2.22. The molecule has 1 heterocycles. The van der Waals surface area contributed by atoms with Crippen LogP contribution in [0.1, 0.15) is 25.8 Å². The number of benzene rings is 1. The summed E-state index contributed by atoms with van der Waals surface area (Å²) < 4.78 is 11.9. The van der Waals surface area contributed by atoms with Gasteiger partial charge in [0.15, 0.2) is 4.90 Å². The van der Waals surface area contributed by atoms with Gasteiger partial charge in [0.05, 0.1) is 5.71 Å². The Morgan fingerprint density at radius 1 is 1.50 bits per heavy atom. The number of carbonyl (C=O) groups excluding carboxylic acids is 1. The van der Waals surface area contributed by atoms with Crippen LogP contribution in [0.25, 0.3) is 5.57 Å². The lowest BCUT2D eigenvalue weighted by Gasteiger charge is -2.17. The summed E-state index contributed by atoms with van der Waals surface area (Å²) in [5, 5.41) is 4.11. The van der Waals surface area contributed by atoms with Gasteiger partial charge in [0.2, 0.25) is 5.91 Å². The van der Waals surface area contributed by atoms with Crippen molar-refractivity contribution in [3.8, 4) is 0 Å². The van der Waals surface area contributed by atoms with Gasteiger partial charge in [-0.25, -0.2) is 5.43 Å². The summed E-state index contributed by atoms with van der Waals surface area (Å²) in [4.78, 5) is 12.1. The van der Waals surface area contributed by atoms with Gasteiger partial charge in [0.25, 0.3) is 0 Å². The van der Waals surface area contributed by atoms with Gasteiger partial charge in [-0.1, -0.05) is 13.5 Å². The summed E-state index contributed by atoms with van der Waals surface area (Å²) in [7, 11) is 0. The van der Waals surface area contributed by atoms with Crippen molar-refractivity contribution in [2.75, 3.05) is 5.75 Å². The van der Waals surface area contributed by atoms with Crippen LogP contribution in [0.15, 0.2) is 53.0 Å². The predicted molar refractivity (Wildman–Crippen MR) is 90.9 cm³/mol. The highest BCUT2D eigenvalue weighted by Gasteiger charge is 2.18. The molecular weight excluding hydrogens is 296 g/mol. The third kappa shape index (κ3) is 4.08. The molecule has 2 unspecified atom stereocenters. The van der Waals surface area contributed by atoms with Gasteiger partial charge in [-0.2, -0.15) is 5.10 Å². The molecule has 5 heteroatoms. The molecule has 1 N–H and O–H groups in total. The molecule has 1 aromatic carbocycles. The minimum atomic E-state index is -1.03. The van der Waals surface area contributed by atoms with Crippen molar-refractivity contribution in [3.63, 3.8) is 0 Å². The standard InChI is InChI=1S/C17H20N2O2S/c1-4-9-22(21)15-7-5-14(6-8-15)12(2)10-16-13(3)11-17(20)19-18-16/h4-8,10,13H,1,9,11H2,2-3H3,(H,19,20). The molecule has 0 aromatic heterocycles. The van der Waals surface area contributed by atoms with Gasteiger partial charge in [0, 0.05) is 12.3 Å². The quantitative estimate of drug-likeness (QED) is 0.670. The first-order valence-corrected chi connectivity index (χ1v) is 8.47. The maximum absolute atomic E-state index is 11.9. The Morgan fingerprint density at radius 3 is 2.77 bits per heavy atom. The first-order valence-electron chi connectivity index (χ1n) is 7.15. The molecule has 2 atom stereocenters. The lowest BCUT2D eigenvalue weighted by Crippen LogP contribution is -2.30. The van der Waals surface area contributed by atoms with Crippen LogP contribution in [-0.4, -0.2) is 21.9 Å². The number of allylic oxidation sites excluding steroid dienone is 2. The second kappa shape index (κ2) is 7.42. The van der Waals surface area contributed by atoms with E-state index in [1.165, 1.54) is 0 Å². The monoisotopic (exact) mass is 316 g/mol. The number of hydrazone groups is 1. The van der Waals surface area contributed by atoms with Crippen LogP contribution in [-0.2, 0) is 16.0 Å². The summed E-state index contributed by atoms with van der Waals surface area (Å²) in [5.41, 5.74) is 5.49. The summed E-state index contributed by atoms with van der Waals surface area (Å²) in [6, 6.07) is 7.66. The lowest BCUT2D eigenvalue weighted by molar-refractivity contribution is -0.121. The van der Waals surface area contributed by atoms with Gasteiger partial charge < -0.3 is 4.55 Å². The van der Waals surface area contributed by atoms with E-state index in [0.717, 1.165) is 21.7 Å². The van der Waals surface area contributed by atoms with Crippen molar-refractivity contribution in [1.82, 2.24) is 5.43 Å². The van der Waals surface area contributed by atoms with E-state index in [1.807, 2.05) is 44.2 Å². The zero-order valence-electron chi connectivity index (χ0n) is 12.8.